The number of nitrogens with zero attached hydrogens (tertiary/aromatic N) is 1. The second-order valence-electron chi connectivity index (χ2n) is 10.2. The summed E-state index contributed by atoms with van der Waals surface area (Å²) in [7, 11) is 1.70. The van der Waals surface area contributed by atoms with Crippen LogP contribution in [0.4, 0.5) is 0 Å². The molecule has 0 aliphatic carbocycles. The van der Waals surface area contributed by atoms with Crippen molar-refractivity contribution in [2.45, 2.75) is 45.3 Å². The van der Waals surface area contributed by atoms with E-state index in [1.165, 1.54) is 38.5 Å². The van der Waals surface area contributed by atoms with Crippen molar-refractivity contribution in [1.82, 2.24) is 4.57 Å². The first-order valence-electron chi connectivity index (χ1n) is 13.0. The zero-order valence-electron chi connectivity index (χ0n) is 22.1. The highest BCUT2D eigenvalue weighted by Crippen LogP contribution is 2.29. The van der Waals surface area contributed by atoms with Crippen LogP contribution in [0.15, 0.2) is 91.0 Å². The summed E-state index contributed by atoms with van der Waals surface area (Å²) in [6.45, 7) is 3.88. The van der Waals surface area contributed by atoms with Gasteiger partial charge in [-0.15, -0.1) is 0 Å². The van der Waals surface area contributed by atoms with E-state index < -0.39 is 11.6 Å². The van der Waals surface area contributed by atoms with Crippen LogP contribution in [0.5, 0.6) is 11.5 Å². The number of hydrogen-bond donors (Lipinski definition) is 1. The monoisotopic (exact) mass is 507 g/mol. The first-order chi connectivity index (χ1) is 18.3. The minimum atomic E-state index is -1.26. The maximum Gasteiger partial charge on any atom is 0.347 e. The summed E-state index contributed by atoms with van der Waals surface area (Å²) >= 11 is 0. The van der Waals surface area contributed by atoms with Crippen LogP contribution in [0.1, 0.15) is 37.1 Å². The summed E-state index contributed by atoms with van der Waals surface area (Å²) in [5, 5.41) is 13.0. The highest BCUT2D eigenvalue weighted by atomic mass is 16.5. The summed E-state index contributed by atoms with van der Waals surface area (Å²) in [6.07, 6.45) is 2.86. The minimum absolute atomic E-state index is 0.562. The minimum Gasteiger partial charge on any atom is -0.497 e. The van der Waals surface area contributed by atoms with E-state index in [1.807, 2.05) is 36.4 Å². The molecule has 1 N–H and O–H groups in total. The zero-order valence-corrected chi connectivity index (χ0v) is 22.1. The molecule has 4 aromatic carbocycles. The molecule has 0 aliphatic rings. The van der Waals surface area contributed by atoms with Crippen LogP contribution in [0.3, 0.4) is 0 Å². The molecule has 5 rings (SSSR count). The number of methoxy groups -OCH3 is 1. The number of hydrogen-bond acceptors (Lipinski definition) is 3. The highest BCUT2D eigenvalue weighted by molar-refractivity contribution is 5.97. The Morgan fingerprint density at radius 3 is 2.24 bits per heavy atom. The number of rotatable bonds is 10. The Labute approximate surface area is 223 Å². The lowest BCUT2D eigenvalue weighted by molar-refractivity contribution is -0.152. The number of aromatic nitrogens is 1. The number of carboxylic acid groups (broad SMARTS) is 1. The van der Waals surface area contributed by atoms with Crippen molar-refractivity contribution in [3.8, 4) is 11.5 Å². The zero-order chi connectivity index (χ0) is 26.7. The van der Waals surface area contributed by atoms with E-state index in [-0.39, 0.29) is 0 Å². The van der Waals surface area contributed by atoms with Gasteiger partial charge in [-0.2, -0.15) is 0 Å². The lowest BCUT2D eigenvalue weighted by Crippen LogP contribution is -2.37. The molecule has 1 heterocycles. The van der Waals surface area contributed by atoms with Gasteiger partial charge >= 0.3 is 5.97 Å². The lowest BCUT2D eigenvalue weighted by Gasteiger charge is -2.21. The molecule has 0 saturated carbocycles. The number of benzene rings is 4. The molecule has 5 heteroatoms. The second-order valence-corrected chi connectivity index (χ2v) is 10.2. The molecule has 0 saturated heterocycles. The van der Waals surface area contributed by atoms with E-state index in [2.05, 4.69) is 59.2 Å². The molecular weight excluding hydrogens is 474 g/mol. The van der Waals surface area contributed by atoms with Gasteiger partial charge < -0.3 is 19.1 Å². The van der Waals surface area contributed by atoms with Gasteiger partial charge in [0.15, 0.2) is 5.60 Å². The quantitative estimate of drug-likeness (QED) is 0.216. The van der Waals surface area contributed by atoms with Gasteiger partial charge in [-0.25, -0.2) is 4.79 Å². The standard InChI is InChI=1S/C33H33NO4/c1-33(2,32(35)36)38-29-16-14-23(15-17-29)8-6-12-28-20-27-19-25-10-4-5-11-26(25)21-31(27)34(28)22-24-9-7-13-30(18-24)37-3/h4-5,7,9-11,13-21H,6,8,12,22H2,1-3H3,(H,35,36). The van der Waals surface area contributed by atoms with Gasteiger partial charge in [0.05, 0.1) is 7.11 Å². The Balaban J connectivity index is 1.37. The van der Waals surface area contributed by atoms with Gasteiger partial charge in [-0.05, 0) is 97.5 Å². The van der Waals surface area contributed by atoms with Gasteiger partial charge in [0, 0.05) is 23.1 Å². The van der Waals surface area contributed by atoms with Crippen molar-refractivity contribution in [1.29, 1.82) is 0 Å². The van der Waals surface area contributed by atoms with Crippen LogP contribution in [-0.2, 0) is 24.2 Å². The first kappa shape index (κ1) is 25.4. The molecule has 0 atom stereocenters. The normalized spacial score (nSPS) is 11.7. The topological polar surface area (TPSA) is 60.7 Å². The molecule has 5 aromatic rings. The molecule has 0 bridgehead atoms. The fourth-order valence-electron chi connectivity index (χ4n) is 4.89. The summed E-state index contributed by atoms with van der Waals surface area (Å²) in [6, 6.07) is 31.4. The SMILES string of the molecule is COc1cccc(Cn2c(CCCc3ccc(OC(C)(C)C(=O)O)cc3)cc3cc4ccccc4cc32)c1. The maximum atomic E-state index is 11.3. The van der Waals surface area contributed by atoms with Crippen LogP contribution in [-0.4, -0.2) is 28.4 Å². The Morgan fingerprint density at radius 2 is 1.53 bits per heavy atom. The summed E-state index contributed by atoms with van der Waals surface area (Å²) < 4.78 is 13.5. The Hall–Kier alpha value is -4.25. The van der Waals surface area contributed by atoms with E-state index in [0.717, 1.165) is 31.6 Å². The van der Waals surface area contributed by atoms with Gasteiger partial charge in [-0.1, -0.05) is 48.5 Å². The highest BCUT2D eigenvalue weighted by Gasteiger charge is 2.29. The average molecular weight is 508 g/mol. The third-order valence-corrected chi connectivity index (χ3v) is 7.04. The number of fused-ring (bicyclic) bond motifs is 2. The Kier molecular flexibility index (Phi) is 7.10. The predicted molar refractivity (Wildman–Crippen MR) is 152 cm³/mol. The molecule has 0 amide bonds. The van der Waals surface area contributed by atoms with Crippen molar-refractivity contribution in [3.63, 3.8) is 0 Å². The smallest absolute Gasteiger partial charge is 0.347 e. The number of carbonyl (C=O) groups is 1. The third-order valence-electron chi connectivity index (χ3n) is 7.04. The molecular formula is C33H33NO4. The van der Waals surface area contributed by atoms with Crippen LogP contribution >= 0.6 is 0 Å². The number of aryl methyl sites for hydroxylation is 2. The van der Waals surface area contributed by atoms with Crippen LogP contribution in [0.25, 0.3) is 21.7 Å². The Bertz CT molecular complexity index is 1580. The van der Waals surface area contributed by atoms with Crippen molar-refractivity contribution in [2.24, 2.45) is 0 Å². The fourth-order valence-corrected chi connectivity index (χ4v) is 4.89. The average Bonchev–Trinajstić information content (AvgIpc) is 3.24. The number of ether oxygens (including phenoxy) is 2. The molecule has 194 valence electrons. The summed E-state index contributed by atoms with van der Waals surface area (Å²) in [4.78, 5) is 11.3. The van der Waals surface area contributed by atoms with E-state index in [1.54, 1.807) is 21.0 Å². The third kappa shape index (κ3) is 5.52. The van der Waals surface area contributed by atoms with Crippen LogP contribution < -0.4 is 9.47 Å². The molecule has 5 nitrogen and oxygen atoms in total. The summed E-state index contributed by atoms with van der Waals surface area (Å²) in [5.41, 5.74) is 3.69. The van der Waals surface area contributed by atoms with Crippen molar-refractivity contribution in [2.75, 3.05) is 7.11 Å². The first-order valence-corrected chi connectivity index (χ1v) is 13.0. The number of aliphatic carboxylic acids is 1. The van der Waals surface area contributed by atoms with Gasteiger partial charge in [0.25, 0.3) is 0 Å². The van der Waals surface area contributed by atoms with E-state index >= 15 is 0 Å². The van der Waals surface area contributed by atoms with E-state index in [0.29, 0.717) is 5.75 Å². The van der Waals surface area contributed by atoms with Crippen LogP contribution in [0.2, 0.25) is 0 Å². The van der Waals surface area contributed by atoms with Crippen LogP contribution in [0, 0.1) is 0 Å². The summed E-state index contributed by atoms with van der Waals surface area (Å²) in [5.74, 6) is 0.440. The molecule has 0 unspecified atom stereocenters. The Morgan fingerprint density at radius 1 is 0.789 bits per heavy atom. The molecule has 0 aliphatic heterocycles. The molecule has 0 fully saturated rings. The molecule has 0 spiro atoms. The van der Waals surface area contributed by atoms with Gasteiger partial charge in [0.2, 0.25) is 0 Å². The molecule has 0 radical (unpaired) electrons. The second kappa shape index (κ2) is 10.6. The van der Waals surface area contributed by atoms with E-state index in [4.69, 9.17) is 9.47 Å². The number of carboxylic acids is 1. The largest absolute Gasteiger partial charge is 0.497 e. The molecule has 38 heavy (non-hydrogen) atoms. The predicted octanol–water partition coefficient (Wildman–Crippen LogP) is 7.27. The lowest BCUT2D eigenvalue weighted by atomic mass is 10.1. The van der Waals surface area contributed by atoms with Crippen molar-refractivity contribution >= 4 is 27.6 Å². The van der Waals surface area contributed by atoms with Crippen molar-refractivity contribution in [3.05, 3.63) is 108 Å². The maximum absolute atomic E-state index is 11.3. The van der Waals surface area contributed by atoms with Gasteiger partial charge in [0.1, 0.15) is 11.5 Å². The van der Waals surface area contributed by atoms with Crippen molar-refractivity contribution < 1.29 is 19.4 Å². The van der Waals surface area contributed by atoms with E-state index in [9.17, 15) is 9.90 Å². The molecule has 1 aromatic heterocycles. The fraction of sp³-hybridized carbons (Fsp3) is 0.242. The van der Waals surface area contributed by atoms with Gasteiger partial charge in [-0.3, -0.25) is 0 Å².